The summed E-state index contributed by atoms with van der Waals surface area (Å²) in [6.07, 6.45) is 0. The Balaban J connectivity index is 2.61. The summed E-state index contributed by atoms with van der Waals surface area (Å²) in [6, 6.07) is 5.57. The zero-order valence-electron chi connectivity index (χ0n) is 8.41. The first kappa shape index (κ1) is 12.7. The normalized spacial score (nSPS) is 12.3. The lowest BCUT2D eigenvalue weighted by Crippen LogP contribution is -2.20. The maximum absolute atomic E-state index is 11.8. The molecule has 1 rings (SSSR count). The summed E-state index contributed by atoms with van der Waals surface area (Å²) in [5.74, 6) is -0.323. The van der Waals surface area contributed by atoms with Crippen molar-refractivity contribution in [1.82, 2.24) is 0 Å². The fourth-order valence-electron chi connectivity index (χ4n) is 0.961. The molecule has 0 spiro atoms. The van der Waals surface area contributed by atoms with E-state index in [1.807, 2.05) is 0 Å². The van der Waals surface area contributed by atoms with Crippen molar-refractivity contribution in [2.24, 2.45) is 0 Å². The average molecular weight is 250 g/mol. The minimum Gasteiger partial charge on any atom is -0.435 e. The minimum absolute atomic E-state index is 0.0342. The zero-order chi connectivity index (χ0) is 12.1. The molecule has 0 unspecified atom stereocenters. The van der Waals surface area contributed by atoms with Crippen molar-refractivity contribution in [3.8, 4) is 5.75 Å². The summed E-state index contributed by atoms with van der Waals surface area (Å²) in [5.41, 5.74) is 0.471. The van der Waals surface area contributed by atoms with Gasteiger partial charge in [-0.15, -0.1) is 11.6 Å². The van der Waals surface area contributed by atoms with E-state index in [1.54, 1.807) is 0 Å². The topological polar surface area (TPSA) is 38.3 Å². The molecule has 0 saturated heterocycles. The molecule has 1 amide bonds. The Morgan fingerprint density at radius 1 is 1.38 bits per heavy atom. The second-order valence-corrected chi connectivity index (χ2v) is 3.66. The van der Waals surface area contributed by atoms with Crippen molar-refractivity contribution in [3.05, 3.63) is 24.3 Å². The first-order valence-electron chi connectivity index (χ1n) is 4.49. The van der Waals surface area contributed by atoms with E-state index >= 15 is 0 Å². The Bertz CT molecular complexity index is 354. The Morgan fingerprint density at radius 2 is 1.94 bits per heavy atom. The number of hydrogen-bond acceptors (Lipinski definition) is 2. The fraction of sp³-hybridized carbons (Fsp3) is 0.300. The molecule has 1 aromatic carbocycles. The molecule has 3 nitrogen and oxygen atoms in total. The number of rotatable bonds is 4. The monoisotopic (exact) mass is 249 g/mol. The van der Waals surface area contributed by atoms with E-state index in [2.05, 4.69) is 10.1 Å². The Morgan fingerprint density at radius 3 is 2.38 bits per heavy atom. The molecular weight excluding hydrogens is 240 g/mol. The number of alkyl halides is 3. The quantitative estimate of drug-likeness (QED) is 0.834. The van der Waals surface area contributed by atoms with Crippen LogP contribution in [0.4, 0.5) is 14.5 Å². The van der Waals surface area contributed by atoms with Crippen molar-refractivity contribution in [2.75, 3.05) is 5.32 Å². The highest BCUT2D eigenvalue weighted by atomic mass is 35.5. The van der Waals surface area contributed by atoms with Crippen LogP contribution in [0.2, 0.25) is 0 Å². The van der Waals surface area contributed by atoms with Gasteiger partial charge in [0.15, 0.2) is 0 Å². The van der Waals surface area contributed by atoms with Crippen LogP contribution in [0.1, 0.15) is 6.92 Å². The van der Waals surface area contributed by atoms with Gasteiger partial charge in [0.2, 0.25) is 5.91 Å². The molecule has 0 aliphatic rings. The van der Waals surface area contributed by atoms with E-state index < -0.39 is 12.0 Å². The second kappa shape index (κ2) is 5.65. The van der Waals surface area contributed by atoms with Crippen molar-refractivity contribution in [1.29, 1.82) is 0 Å². The lowest BCUT2D eigenvalue weighted by Gasteiger charge is -2.08. The van der Waals surface area contributed by atoms with Gasteiger partial charge in [-0.3, -0.25) is 4.79 Å². The number of amides is 1. The van der Waals surface area contributed by atoms with Crippen LogP contribution in [0.3, 0.4) is 0 Å². The van der Waals surface area contributed by atoms with Crippen LogP contribution in [0.5, 0.6) is 5.75 Å². The van der Waals surface area contributed by atoms with Crippen molar-refractivity contribution in [2.45, 2.75) is 18.9 Å². The molecule has 0 fully saturated rings. The van der Waals surface area contributed by atoms with Crippen LogP contribution in [-0.2, 0) is 4.79 Å². The summed E-state index contributed by atoms with van der Waals surface area (Å²) in [7, 11) is 0. The SMILES string of the molecule is C[C@H](Cl)C(=O)Nc1ccc(OC(F)F)cc1. The highest BCUT2D eigenvalue weighted by Gasteiger charge is 2.09. The van der Waals surface area contributed by atoms with Crippen LogP contribution in [0.25, 0.3) is 0 Å². The maximum Gasteiger partial charge on any atom is 0.387 e. The average Bonchev–Trinajstić information content (AvgIpc) is 2.20. The molecular formula is C10H10ClF2NO2. The summed E-state index contributed by atoms with van der Waals surface area (Å²) < 4.78 is 27.8. The van der Waals surface area contributed by atoms with Gasteiger partial charge in [-0.25, -0.2) is 0 Å². The van der Waals surface area contributed by atoms with E-state index in [9.17, 15) is 13.6 Å². The number of hydrogen-bond donors (Lipinski definition) is 1. The number of anilines is 1. The lowest BCUT2D eigenvalue weighted by molar-refractivity contribution is -0.115. The first-order chi connectivity index (χ1) is 7.49. The van der Waals surface area contributed by atoms with Crippen molar-refractivity contribution < 1.29 is 18.3 Å². The molecule has 0 aromatic heterocycles. The second-order valence-electron chi connectivity index (χ2n) is 3.01. The molecule has 0 aliphatic heterocycles. The Labute approximate surface area is 96.4 Å². The summed E-state index contributed by atoms with van der Waals surface area (Å²) >= 11 is 5.54. The Kier molecular flexibility index (Phi) is 4.49. The minimum atomic E-state index is -2.86. The number of halogens is 3. The highest BCUT2D eigenvalue weighted by Crippen LogP contribution is 2.18. The van der Waals surface area contributed by atoms with Gasteiger partial charge in [0.1, 0.15) is 11.1 Å². The molecule has 1 N–H and O–H groups in total. The van der Waals surface area contributed by atoms with Crippen LogP contribution < -0.4 is 10.1 Å². The predicted molar refractivity (Wildman–Crippen MR) is 57.0 cm³/mol. The van der Waals surface area contributed by atoms with Gasteiger partial charge < -0.3 is 10.1 Å². The molecule has 0 aliphatic carbocycles. The molecule has 16 heavy (non-hydrogen) atoms. The molecule has 6 heteroatoms. The number of benzene rings is 1. The molecule has 0 bridgehead atoms. The van der Waals surface area contributed by atoms with Crippen LogP contribution in [-0.4, -0.2) is 17.9 Å². The van der Waals surface area contributed by atoms with E-state index in [-0.39, 0.29) is 11.7 Å². The molecule has 1 atom stereocenters. The largest absolute Gasteiger partial charge is 0.435 e. The first-order valence-corrected chi connectivity index (χ1v) is 4.92. The fourth-order valence-corrected chi connectivity index (χ4v) is 1.02. The summed E-state index contributed by atoms with van der Waals surface area (Å²) in [6.45, 7) is -1.33. The Hall–Kier alpha value is -1.36. The third-order valence-corrected chi connectivity index (χ3v) is 1.91. The smallest absolute Gasteiger partial charge is 0.387 e. The van der Waals surface area contributed by atoms with E-state index in [1.165, 1.54) is 31.2 Å². The van der Waals surface area contributed by atoms with Gasteiger partial charge in [-0.2, -0.15) is 8.78 Å². The van der Waals surface area contributed by atoms with Gasteiger partial charge in [0.05, 0.1) is 0 Å². The maximum atomic E-state index is 11.8. The molecule has 88 valence electrons. The molecule has 0 radical (unpaired) electrons. The summed E-state index contributed by atoms with van der Waals surface area (Å²) in [4.78, 5) is 11.2. The summed E-state index contributed by atoms with van der Waals surface area (Å²) in [5, 5.41) is 1.85. The van der Waals surface area contributed by atoms with Crippen LogP contribution in [0, 0.1) is 0 Å². The molecule has 1 aromatic rings. The van der Waals surface area contributed by atoms with Gasteiger partial charge in [0, 0.05) is 5.69 Å². The number of nitrogens with one attached hydrogen (secondary N) is 1. The highest BCUT2D eigenvalue weighted by molar-refractivity contribution is 6.32. The standard InChI is InChI=1S/C10H10ClF2NO2/c1-6(11)9(15)14-7-2-4-8(5-3-7)16-10(12)13/h2-6,10H,1H3,(H,14,15)/t6-/m0/s1. The van der Waals surface area contributed by atoms with Crippen LogP contribution >= 0.6 is 11.6 Å². The van der Waals surface area contributed by atoms with Gasteiger partial charge in [-0.1, -0.05) is 0 Å². The van der Waals surface area contributed by atoms with Crippen LogP contribution in [0.15, 0.2) is 24.3 Å². The number of ether oxygens (including phenoxy) is 1. The van der Waals surface area contributed by atoms with Gasteiger partial charge in [-0.05, 0) is 31.2 Å². The molecule has 0 saturated carbocycles. The van der Waals surface area contributed by atoms with E-state index in [0.717, 1.165) is 0 Å². The van der Waals surface area contributed by atoms with Gasteiger partial charge >= 0.3 is 6.61 Å². The van der Waals surface area contributed by atoms with E-state index in [4.69, 9.17) is 11.6 Å². The van der Waals surface area contributed by atoms with E-state index in [0.29, 0.717) is 5.69 Å². The third kappa shape index (κ3) is 4.02. The predicted octanol–water partition coefficient (Wildman–Crippen LogP) is 2.85. The van der Waals surface area contributed by atoms with Gasteiger partial charge in [0.25, 0.3) is 0 Å². The van der Waals surface area contributed by atoms with Crippen molar-refractivity contribution >= 4 is 23.2 Å². The van der Waals surface area contributed by atoms with Crippen molar-refractivity contribution in [3.63, 3.8) is 0 Å². The number of carbonyl (C=O) groups excluding carboxylic acids is 1. The zero-order valence-corrected chi connectivity index (χ0v) is 9.17. The molecule has 0 heterocycles. The number of carbonyl (C=O) groups is 1. The third-order valence-electron chi connectivity index (χ3n) is 1.71. The lowest BCUT2D eigenvalue weighted by atomic mass is 10.3.